The standard InChI is InChI=1S/C24H23F4NO2.C23H23ClFNO2S.C23H21ClFNO2.C22H19ClFNO3/c1-13-10-18(25)12-20-19-5-3-4-16(11-21(30)31)23(19)29(22(13)20)14(2)15-6-8-17(9-7-15)24(26,27)28;1-13(2)18-11-16(25)12-19-21(18)23(29-17-7-5-15(24)6-8-17)22-14(10-20(27)28)4-3-9-26(19)22;24-16-6-1-13(2-7-16)12-26-22-15(9-21(27)28)5-8-18(22)20-11-17(25)10-19(23(20)26)14-3-4-14;1-12(26)18-9-16(24)10-19-17-7-4-14(8-20(27)28)21(17)25(22(18)19)11-13-2-5-15(23)6-3-13/h6-10,12,14,16H,3-5,11H2,1-2H3,(H,30,31);5-8,11-14H,3-4,9-10H2,1-2H3,(H,27,28);1-2,6-7,10-11,14-15H,3-5,8-9,12H2,(H,27,28);2-3,5-6,9-10,14H,4,7-8,11H2,1H3,(H,27,28)/t14-,16+;14-;15-;14-/m0111/s1. The van der Waals surface area contributed by atoms with E-state index in [0.29, 0.717) is 75.4 Å². The molecule has 5 atom stereocenters. The summed E-state index contributed by atoms with van der Waals surface area (Å²) in [6.07, 6.45) is 4.92. The number of hydrogen-bond acceptors (Lipinski definition) is 6. The number of aromatic nitrogens is 4. The number of carboxylic acids is 4. The van der Waals surface area contributed by atoms with Gasteiger partial charge in [-0.05, 0) is 263 Å². The van der Waals surface area contributed by atoms with Gasteiger partial charge in [0.15, 0.2) is 5.78 Å². The maximum atomic E-state index is 14.5. The van der Waals surface area contributed by atoms with Crippen LogP contribution in [0.15, 0.2) is 155 Å². The van der Waals surface area contributed by atoms with Crippen molar-refractivity contribution in [3.05, 3.63) is 268 Å². The van der Waals surface area contributed by atoms with Gasteiger partial charge in [0.05, 0.1) is 59.4 Å². The van der Waals surface area contributed by atoms with Crippen LogP contribution in [0.2, 0.25) is 15.1 Å². The fourth-order valence-corrected chi connectivity index (χ4v) is 20.0. The lowest BCUT2D eigenvalue weighted by molar-refractivity contribution is -0.138. The number of aliphatic carboxylic acids is 4. The van der Waals surface area contributed by atoms with Crippen molar-refractivity contribution in [3.63, 3.8) is 0 Å². The number of nitrogens with zero attached hydrogens (tertiary/aromatic N) is 4. The lowest BCUT2D eigenvalue weighted by Crippen LogP contribution is -2.19. The first kappa shape index (κ1) is 82.7. The van der Waals surface area contributed by atoms with Crippen LogP contribution < -0.4 is 0 Å². The van der Waals surface area contributed by atoms with E-state index >= 15 is 0 Å². The molecule has 1 aliphatic heterocycles. The van der Waals surface area contributed by atoms with Crippen LogP contribution in [-0.4, -0.2) is 68.4 Å². The van der Waals surface area contributed by atoms with E-state index in [-0.39, 0.29) is 84.5 Å². The lowest BCUT2D eigenvalue weighted by atomic mass is 9.84. The van der Waals surface area contributed by atoms with Gasteiger partial charge in [0.2, 0.25) is 0 Å². The Labute approximate surface area is 685 Å². The molecule has 0 radical (unpaired) electrons. The predicted octanol–water partition coefficient (Wildman–Crippen LogP) is 24.7. The second kappa shape index (κ2) is 34.0. The Morgan fingerprint density at radius 3 is 1.47 bits per heavy atom. The third-order valence-electron chi connectivity index (χ3n) is 23.4. The molecular formula is C92H86Cl3F7N4O9S. The van der Waals surface area contributed by atoms with Gasteiger partial charge >= 0.3 is 30.1 Å². The number of rotatable bonds is 19. The van der Waals surface area contributed by atoms with E-state index in [1.165, 1.54) is 43.3 Å². The van der Waals surface area contributed by atoms with Crippen molar-refractivity contribution in [2.45, 2.75) is 208 Å². The summed E-state index contributed by atoms with van der Waals surface area (Å²) in [6, 6.07) is 39.7. The van der Waals surface area contributed by atoms with Crippen molar-refractivity contribution in [2.75, 3.05) is 0 Å². The van der Waals surface area contributed by atoms with Gasteiger partial charge in [0.1, 0.15) is 23.3 Å². The highest BCUT2D eigenvalue weighted by Crippen LogP contribution is 2.52. The van der Waals surface area contributed by atoms with E-state index in [9.17, 15) is 75.1 Å². The monoisotopic (exact) mass is 1660 g/mol. The van der Waals surface area contributed by atoms with Crippen LogP contribution in [0, 0.1) is 30.2 Å². The number of ketones is 1. The Kier molecular flexibility index (Phi) is 24.3. The number of benzene rings is 8. The first-order valence-electron chi connectivity index (χ1n) is 39.1. The SMILES string of the molecule is CC(=O)c1cc(F)cc2c3c(n(Cc4ccc(Cl)cc4)c12)[C@@H](CC(=O)O)CC3.CC(C)c1cc(F)cc2c1c(Sc1ccc(Cl)cc1)c1n2CCC[C@@H]1CC(=O)O.Cc1cc(F)cc2c3c(n([C@@H](C)c4ccc(C(F)(F)F)cc4)c12)[C@@H](CC(=O)O)CCC3.O=C(O)C[C@H]1CCc2c1n(Cc1ccc(Cl)cc1)c1c(C3CC3)cc(F)cc21. The number of carboxylic acid groups (broad SMARTS) is 4. The zero-order chi connectivity index (χ0) is 82.6. The average molecular weight is 1660 g/mol. The zero-order valence-electron chi connectivity index (χ0n) is 64.4. The molecule has 0 spiro atoms. The quantitative estimate of drug-likeness (QED) is 0.0448. The number of hydrogen-bond donors (Lipinski definition) is 4. The first-order valence-corrected chi connectivity index (χ1v) is 41.1. The molecule has 17 rings (SSSR count). The molecule has 604 valence electrons. The molecule has 13 nitrogen and oxygen atoms in total. The van der Waals surface area contributed by atoms with Crippen LogP contribution in [0.1, 0.15) is 235 Å². The van der Waals surface area contributed by atoms with Crippen LogP contribution in [0.25, 0.3) is 43.6 Å². The third kappa shape index (κ3) is 17.3. The second-order valence-corrected chi connectivity index (χ2v) is 34.0. The van der Waals surface area contributed by atoms with Crippen molar-refractivity contribution in [2.24, 2.45) is 0 Å². The minimum absolute atomic E-state index is 0.0157. The minimum atomic E-state index is -4.41. The van der Waals surface area contributed by atoms with Crippen molar-refractivity contribution in [1.29, 1.82) is 0 Å². The summed E-state index contributed by atoms with van der Waals surface area (Å²) in [5.41, 5.74) is 15.5. The molecule has 0 unspecified atom stereocenters. The zero-order valence-corrected chi connectivity index (χ0v) is 67.5. The summed E-state index contributed by atoms with van der Waals surface area (Å²) >= 11 is 19.7. The molecule has 5 aliphatic rings. The molecule has 4 aromatic heterocycles. The van der Waals surface area contributed by atoms with Gasteiger partial charge in [-0.2, -0.15) is 13.2 Å². The Morgan fingerprint density at radius 2 is 0.966 bits per heavy atom. The van der Waals surface area contributed by atoms with Crippen LogP contribution in [0.4, 0.5) is 30.7 Å². The third-order valence-corrected chi connectivity index (χ3v) is 25.3. The number of aryl methyl sites for hydroxylation is 5. The number of carbonyl (C=O) groups excluding carboxylic acids is 1. The average Bonchev–Trinajstić information content (AvgIpc) is 1.84. The van der Waals surface area contributed by atoms with E-state index in [0.717, 1.165) is 180 Å². The number of alkyl halides is 3. The van der Waals surface area contributed by atoms with Gasteiger partial charge < -0.3 is 38.7 Å². The molecule has 8 aromatic carbocycles. The normalized spacial score (nSPS) is 17.1. The topological polar surface area (TPSA) is 186 Å². The summed E-state index contributed by atoms with van der Waals surface area (Å²) in [5.74, 6) is -4.73. The maximum Gasteiger partial charge on any atom is 0.416 e. The number of fused-ring (bicyclic) bond motifs is 12. The van der Waals surface area contributed by atoms with Crippen molar-refractivity contribution >= 4 is 120 Å². The van der Waals surface area contributed by atoms with Crippen molar-refractivity contribution in [1.82, 2.24) is 18.3 Å². The Hall–Kier alpha value is -9.80. The fraction of sp³-hybridized carbons (Fsp3) is 0.337. The van der Waals surface area contributed by atoms with Gasteiger partial charge in [-0.3, -0.25) is 24.0 Å². The van der Waals surface area contributed by atoms with E-state index in [2.05, 4.69) is 23.0 Å². The van der Waals surface area contributed by atoms with Crippen LogP contribution in [-0.2, 0) is 64.3 Å². The van der Waals surface area contributed by atoms with Gasteiger partial charge in [0.25, 0.3) is 0 Å². The molecule has 1 fully saturated rings. The number of Topliss-reactive ketones (excluding diaryl/α,β-unsaturated/α-hetero) is 1. The Bertz CT molecular complexity index is 5830. The number of halogens is 10. The van der Waals surface area contributed by atoms with Gasteiger partial charge in [-0.25, -0.2) is 17.6 Å². The first-order chi connectivity index (χ1) is 55.3. The lowest BCUT2D eigenvalue weighted by Gasteiger charge is -2.28. The fourth-order valence-electron chi connectivity index (χ4n) is 18.4. The van der Waals surface area contributed by atoms with Crippen molar-refractivity contribution in [3.8, 4) is 0 Å². The minimum Gasteiger partial charge on any atom is -0.481 e. The highest BCUT2D eigenvalue weighted by molar-refractivity contribution is 7.99. The van der Waals surface area contributed by atoms with Crippen LogP contribution >= 0.6 is 46.6 Å². The highest BCUT2D eigenvalue weighted by Gasteiger charge is 2.39. The molecule has 24 heteroatoms. The molecule has 5 heterocycles. The summed E-state index contributed by atoms with van der Waals surface area (Å²) in [5, 5.41) is 43.1. The van der Waals surface area contributed by atoms with Crippen LogP contribution in [0.3, 0.4) is 0 Å². The summed E-state index contributed by atoms with van der Waals surface area (Å²) < 4.78 is 105. The molecule has 0 saturated heterocycles. The smallest absolute Gasteiger partial charge is 0.416 e. The van der Waals surface area contributed by atoms with Gasteiger partial charge in [0, 0.05) is 118 Å². The molecule has 0 bridgehead atoms. The van der Waals surface area contributed by atoms with Gasteiger partial charge in [-0.1, -0.05) is 96.8 Å². The van der Waals surface area contributed by atoms with Gasteiger partial charge in [-0.15, -0.1) is 0 Å². The molecule has 116 heavy (non-hydrogen) atoms. The van der Waals surface area contributed by atoms with E-state index in [1.807, 2.05) is 76.7 Å². The summed E-state index contributed by atoms with van der Waals surface area (Å²) in [6.45, 7) is 11.1. The molecular weight excluding hydrogens is 1580 g/mol. The molecule has 1 saturated carbocycles. The molecule has 4 N–H and O–H groups in total. The largest absolute Gasteiger partial charge is 0.481 e. The molecule has 12 aromatic rings. The second-order valence-electron chi connectivity index (χ2n) is 31.6. The van der Waals surface area contributed by atoms with E-state index < -0.39 is 41.4 Å². The van der Waals surface area contributed by atoms with Crippen LogP contribution in [0.5, 0.6) is 0 Å². The highest BCUT2D eigenvalue weighted by atomic mass is 35.5. The maximum absolute atomic E-state index is 14.5. The van der Waals surface area contributed by atoms with Crippen molar-refractivity contribution < 1.29 is 75.1 Å². The Balaban J connectivity index is 0.000000128. The number of carbonyl (C=O) groups is 5. The van der Waals surface area contributed by atoms with E-state index in [4.69, 9.17) is 34.8 Å². The predicted molar refractivity (Wildman–Crippen MR) is 439 cm³/mol. The summed E-state index contributed by atoms with van der Waals surface area (Å²) in [4.78, 5) is 60.2. The van der Waals surface area contributed by atoms with E-state index in [1.54, 1.807) is 55.1 Å². The molecule has 4 aliphatic carbocycles. The molecule has 0 amide bonds. The Morgan fingerprint density at radius 1 is 0.509 bits per heavy atom. The summed E-state index contributed by atoms with van der Waals surface area (Å²) in [7, 11) is 0.